The Morgan fingerprint density at radius 1 is 0.782 bits per heavy atom. The monoisotopic (exact) mass is 775 g/mol. The van der Waals surface area contributed by atoms with Crippen LogP contribution in [-0.4, -0.2) is 50.2 Å². The van der Waals surface area contributed by atoms with Crippen molar-refractivity contribution in [3.63, 3.8) is 0 Å². The van der Waals surface area contributed by atoms with Gasteiger partial charge in [0.25, 0.3) is 17.7 Å². The van der Waals surface area contributed by atoms with Crippen LogP contribution >= 0.6 is 23.1 Å². The van der Waals surface area contributed by atoms with Crippen molar-refractivity contribution in [3.8, 4) is 23.3 Å². The zero-order chi connectivity index (χ0) is 39.5. The largest absolute Gasteiger partial charge is 0.493 e. The van der Waals surface area contributed by atoms with Crippen LogP contribution < -0.4 is 35.5 Å². The number of hydrogen-bond donors (Lipinski definition) is 4. The Balaban J connectivity index is 1.32. The summed E-state index contributed by atoms with van der Waals surface area (Å²) < 4.78 is 16.4. The third-order valence-electron chi connectivity index (χ3n) is 8.03. The van der Waals surface area contributed by atoms with Crippen LogP contribution in [0, 0.1) is 18.3 Å². The average molecular weight is 776 g/mol. The second-order valence-corrected chi connectivity index (χ2v) is 14.2. The lowest BCUT2D eigenvalue weighted by Gasteiger charge is -2.15. The molecule has 0 fully saturated rings. The zero-order valence-electron chi connectivity index (χ0n) is 30.5. The number of carbonyl (C=O) groups is 4. The van der Waals surface area contributed by atoms with Gasteiger partial charge in [0, 0.05) is 21.8 Å². The van der Waals surface area contributed by atoms with Crippen molar-refractivity contribution >= 4 is 69.2 Å². The van der Waals surface area contributed by atoms with Crippen molar-refractivity contribution in [2.75, 3.05) is 37.3 Å². The molecule has 1 aromatic heterocycles. The molecular weight excluding hydrogens is 739 g/mol. The van der Waals surface area contributed by atoms with Gasteiger partial charge in [-0.05, 0) is 85.6 Å². The Morgan fingerprint density at radius 3 is 2.04 bits per heavy atom. The third kappa shape index (κ3) is 9.91. The van der Waals surface area contributed by atoms with E-state index in [0.29, 0.717) is 55.1 Å². The Bertz CT molecular complexity index is 2260. The Kier molecular flexibility index (Phi) is 13.3. The molecular formula is C41H37N5O7S2. The second-order valence-electron chi connectivity index (χ2n) is 11.8. The maximum atomic E-state index is 13.8. The molecule has 1 unspecified atom stereocenters. The lowest BCUT2D eigenvalue weighted by molar-refractivity contribution is -0.115. The lowest BCUT2D eigenvalue weighted by atomic mass is 10.1. The molecule has 4 aromatic carbocycles. The van der Waals surface area contributed by atoms with Crippen molar-refractivity contribution in [1.82, 2.24) is 5.32 Å². The molecule has 0 saturated carbocycles. The molecule has 0 aliphatic heterocycles. The normalized spacial score (nSPS) is 11.4. The average Bonchev–Trinajstić information content (AvgIpc) is 3.51. The number of rotatable bonds is 14. The number of thioether (sulfide) groups is 1. The Labute approximate surface area is 326 Å². The van der Waals surface area contributed by atoms with E-state index in [9.17, 15) is 24.4 Å². The van der Waals surface area contributed by atoms with E-state index in [1.54, 1.807) is 105 Å². The molecule has 4 N–H and O–H groups in total. The molecule has 0 radical (unpaired) electrons. The first-order valence-corrected chi connectivity index (χ1v) is 18.4. The molecule has 0 saturated heterocycles. The minimum Gasteiger partial charge on any atom is -0.493 e. The Hall–Kier alpha value is -6.56. The van der Waals surface area contributed by atoms with Gasteiger partial charge >= 0.3 is 0 Å². The van der Waals surface area contributed by atoms with Gasteiger partial charge in [-0.3, -0.25) is 19.2 Å². The molecule has 280 valence electrons. The van der Waals surface area contributed by atoms with Gasteiger partial charge in [0.15, 0.2) is 11.5 Å². The lowest BCUT2D eigenvalue weighted by Crippen LogP contribution is -2.30. The van der Waals surface area contributed by atoms with E-state index in [4.69, 9.17) is 14.2 Å². The standard InChI is InChI=1S/C41H37N5O7S2/c1-24-31(23-42)41(55-36(24)40(50)43-28-15-10-7-11-16-28)46-37(47)25(2)54-30-18-12-17-29(22-30)44-39(49)32(45-38(48)27-13-8-6-9-14-27)19-26-20-33(51-3)35(53-5)34(21-26)52-4/h6-22,25H,1-5H3,(H,43,50)(H,44,49)(H,45,48)(H,46,47)/b32-19+. The van der Waals surface area contributed by atoms with Crippen molar-refractivity contribution in [2.24, 2.45) is 0 Å². The summed E-state index contributed by atoms with van der Waals surface area (Å²) >= 11 is 2.26. The predicted octanol–water partition coefficient (Wildman–Crippen LogP) is 7.74. The number of ether oxygens (including phenoxy) is 3. The maximum absolute atomic E-state index is 13.8. The highest BCUT2D eigenvalue weighted by Gasteiger charge is 2.24. The molecule has 1 heterocycles. The summed E-state index contributed by atoms with van der Waals surface area (Å²) in [4.78, 5) is 54.4. The summed E-state index contributed by atoms with van der Waals surface area (Å²) in [7, 11) is 4.43. The van der Waals surface area contributed by atoms with Gasteiger partial charge in [-0.2, -0.15) is 5.26 Å². The molecule has 1 atom stereocenters. The van der Waals surface area contributed by atoms with E-state index in [1.165, 1.54) is 39.2 Å². The van der Waals surface area contributed by atoms with Gasteiger partial charge in [0.05, 0.1) is 37.0 Å². The fourth-order valence-electron chi connectivity index (χ4n) is 5.27. The number of methoxy groups -OCH3 is 3. The van der Waals surface area contributed by atoms with Gasteiger partial charge < -0.3 is 35.5 Å². The number of nitrogens with one attached hydrogen (secondary N) is 4. The van der Waals surface area contributed by atoms with Gasteiger partial charge in [-0.25, -0.2) is 0 Å². The highest BCUT2D eigenvalue weighted by atomic mass is 32.2. The van der Waals surface area contributed by atoms with Crippen LogP contribution in [0.3, 0.4) is 0 Å². The predicted molar refractivity (Wildman–Crippen MR) is 215 cm³/mol. The van der Waals surface area contributed by atoms with E-state index >= 15 is 0 Å². The summed E-state index contributed by atoms with van der Waals surface area (Å²) in [6, 6.07) is 29.7. The molecule has 5 rings (SSSR count). The number of para-hydroxylation sites is 1. The first kappa shape index (κ1) is 39.6. The fourth-order valence-corrected chi connectivity index (χ4v) is 7.25. The van der Waals surface area contributed by atoms with Crippen LogP contribution in [0.1, 0.15) is 43.6 Å². The maximum Gasteiger partial charge on any atom is 0.272 e. The van der Waals surface area contributed by atoms with Gasteiger partial charge in [0.2, 0.25) is 11.7 Å². The van der Waals surface area contributed by atoms with E-state index in [-0.39, 0.29) is 28.1 Å². The Morgan fingerprint density at radius 2 is 1.42 bits per heavy atom. The molecule has 55 heavy (non-hydrogen) atoms. The van der Waals surface area contributed by atoms with Gasteiger partial charge in [-0.15, -0.1) is 23.1 Å². The number of anilines is 3. The summed E-state index contributed by atoms with van der Waals surface area (Å²) in [5.41, 5.74) is 2.47. The molecule has 0 spiro atoms. The van der Waals surface area contributed by atoms with Crippen LogP contribution in [-0.2, 0) is 9.59 Å². The molecule has 0 aliphatic carbocycles. The molecule has 0 bridgehead atoms. The number of nitrogens with zero attached hydrogens (tertiary/aromatic N) is 1. The van der Waals surface area contributed by atoms with Crippen molar-refractivity contribution in [1.29, 1.82) is 5.26 Å². The van der Waals surface area contributed by atoms with Crippen molar-refractivity contribution in [3.05, 3.63) is 130 Å². The van der Waals surface area contributed by atoms with Gasteiger partial charge in [-0.1, -0.05) is 42.5 Å². The first-order valence-electron chi connectivity index (χ1n) is 16.7. The van der Waals surface area contributed by atoms with Crippen LogP contribution in [0.25, 0.3) is 6.08 Å². The molecule has 0 aliphatic rings. The summed E-state index contributed by atoms with van der Waals surface area (Å²) in [6.45, 7) is 3.37. The quantitative estimate of drug-likeness (QED) is 0.0652. The molecule has 12 nitrogen and oxygen atoms in total. The third-order valence-corrected chi connectivity index (χ3v) is 10.3. The topological polar surface area (TPSA) is 168 Å². The van der Waals surface area contributed by atoms with Crippen LogP contribution in [0.15, 0.2) is 108 Å². The van der Waals surface area contributed by atoms with E-state index in [0.717, 1.165) is 11.3 Å². The van der Waals surface area contributed by atoms with Crippen molar-refractivity contribution in [2.45, 2.75) is 24.0 Å². The number of hydrogen-bond acceptors (Lipinski definition) is 10. The highest BCUT2D eigenvalue weighted by Crippen LogP contribution is 2.39. The molecule has 5 aromatic rings. The zero-order valence-corrected chi connectivity index (χ0v) is 32.1. The van der Waals surface area contributed by atoms with Crippen LogP contribution in [0.4, 0.5) is 16.4 Å². The van der Waals surface area contributed by atoms with E-state index in [2.05, 4.69) is 27.3 Å². The number of amides is 4. The highest BCUT2D eigenvalue weighted by molar-refractivity contribution is 8.00. The smallest absolute Gasteiger partial charge is 0.272 e. The number of carbonyl (C=O) groups excluding carboxylic acids is 4. The van der Waals surface area contributed by atoms with Crippen LogP contribution in [0.5, 0.6) is 17.2 Å². The van der Waals surface area contributed by atoms with E-state index in [1.807, 2.05) is 6.07 Å². The number of thiophene rings is 1. The summed E-state index contributed by atoms with van der Waals surface area (Å²) in [6.07, 6.45) is 1.49. The molecule has 14 heteroatoms. The SMILES string of the molecule is COc1cc(/C=C(/NC(=O)c2ccccc2)C(=O)Nc2cccc(SC(C)C(=O)Nc3sc(C(=O)Nc4ccccc4)c(C)c3C#N)c2)cc(OC)c1OC. The second kappa shape index (κ2) is 18.5. The van der Waals surface area contributed by atoms with Crippen molar-refractivity contribution < 1.29 is 33.4 Å². The number of benzene rings is 4. The van der Waals surface area contributed by atoms with E-state index < -0.39 is 17.1 Å². The minimum atomic E-state index is -0.637. The minimum absolute atomic E-state index is 0.0646. The fraction of sp³-hybridized carbons (Fsp3) is 0.146. The summed E-state index contributed by atoms with van der Waals surface area (Å²) in [5, 5.41) is 20.7. The molecule has 4 amide bonds. The van der Waals surface area contributed by atoms with Crippen LogP contribution in [0.2, 0.25) is 0 Å². The first-order chi connectivity index (χ1) is 26.5. The van der Waals surface area contributed by atoms with Gasteiger partial charge in [0.1, 0.15) is 16.8 Å². The number of nitriles is 1. The summed E-state index contributed by atoms with van der Waals surface area (Å²) in [5.74, 6) is -0.794.